The molecule has 1 atom stereocenters. The van der Waals surface area contributed by atoms with Crippen LogP contribution in [0.4, 0.5) is 0 Å². The monoisotopic (exact) mass is 295 g/mol. The first-order valence-electron chi connectivity index (χ1n) is 7.35. The molecule has 0 aromatic heterocycles. The fourth-order valence-corrected chi connectivity index (χ4v) is 3.24. The van der Waals surface area contributed by atoms with Gasteiger partial charge in [0, 0.05) is 23.1 Å². The largest absolute Gasteiger partial charge is 0.329 e. The Balaban J connectivity index is 2.15. The molecular weight excluding hydrogens is 270 g/mol. The minimum atomic E-state index is 0.117. The molecule has 1 aromatic rings. The molecule has 2 N–H and O–H groups in total. The van der Waals surface area contributed by atoms with Crippen molar-refractivity contribution in [2.75, 3.05) is 33.7 Å². The number of halogens is 1. The second kappa shape index (κ2) is 6.44. The Kier molecular flexibility index (Phi) is 5.08. The molecule has 1 saturated heterocycles. The molecule has 3 nitrogen and oxygen atoms in total. The molecule has 0 bridgehead atoms. The van der Waals surface area contributed by atoms with Crippen LogP contribution in [0.25, 0.3) is 0 Å². The first kappa shape index (κ1) is 15.8. The molecule has 0 saturated carbocycles. The highest BCUT2D eigenvalue weighted by atomic mass is 35.5. The number of piperidine rings is 1. The molecule has 2 rings (SSSR count). The van der Waals surface area contributed by atoms with Crippen LogP contribution in [-0.2, 0) is 0 Å². The topological polar surface area (TPSA) is 32.5 Å². The number of rotatable bonds is 4. The zero-order valence-electron chi connectivity index (χ0n) is 12.8. The quantitative estimate of drug-likeness (QED) is 0.927. The average molecular weight is 296 g/mol. The lowest BCUT2D eigenvalue weighted by Crippen LogP contribution is -2.58. The van der Waals surface area contributed by atoms with Crippen molar-refractivity contribution in [2.24, 2.45) is 5.73 Å². The summed E-state index contributed by atoms with van der Waals surface area (Å²) in [6.07, 6.45) is 2.27. The molecule has 0 spiro atoms. The normalized spacial score (nSPS) is 21.1. The molecule has 1 aliphatic heterocycles. The molecule has 1 aromatic carbocycles. The third-order valence-electron chi connectivity index (χ3n) is 4.98. The maximum Gasteiger partial charge on any atom is 0.0406 e. The second-order valence-corrected chi connectivity index (χ2v) is 6.51. The van der Waals surface area contributed by atoms with Crippen LogP contribution in [0.1, 0.15) is 31.4 Å². The fourth-order valence-electron chi connectivity index (χ4n) is 3.11. The number of hydrogen-bond donors (Lipinski definition) is 1. The van der Waals surface area contributed by atoms with Gasteiger partial charge in [-0.2, -0.15) is 0 Å². The summed E-state index contributed by atoms with van der Waals surface area (Å²) in [6.45, 7) is 5.21. The molecule has 1 heterocycles. The van der Waals surface area contributed by atoms with Gasteiger partial charge >= 0.3 is 0 Å². The molecule has 20 heavy (non-hydrogen) atoms. The number of nitrogens with two attached hydrogens (primary N) is 1. The van der Waals surface area contributed by atoms with Crippen molar-refractivity contribution in [3.8, 4) is 0 Å². The van der Waals surface area contributed by atoms with Crippen LogP contribution in [0.5, 0.6) is 0 Å². The summed E-state index contributed by atoms with van der Waals surface area (Å²) in [5.74, 6) is 0. The number of likely N-dealkylation sites (tertiary alicyclic amines) is 1. The van der Waals surface area contributed by atoms with Crippen molar-refractivity contribution in [1.82, 2.24) is 9.80 Å². The molecule has 0 radical (unpaired) electrons. The highest BCUT2D eigenvalue weighted by Crippen LogP contribution is 2.33. The summed E-state index contributed by atoms with van der Waals surface area (Å²) in [7, 11) is 4.39. The van der Waals surface area contributed by atoms with Gasteiger partial charge in [-0.25, -0.2) is 0 Å². The highest BCUT2D eigenvalue weighted by Gasteiger charge is 2.38. The van der Waals surface area contributed by atoms with Crippen molar-refractivity contribution < 1.29 is 0 Å². The Morgan fingerprint density at radius 2 is 1.85 bits per heavy atom. The van der Waals surface area contributed by atoms with Gasteiger partial charge in [0.1, 0.15) is 0 Å². The SMILES string of the molecule is CC(c1ccc(Cl)cc1)N(C)C1(CN)CCN(C)CC1. The van der Waals surface area contributed by atoms with Crippen LogP contribution in [0.2, 0.25) is 5.02 Å². The van der Waals surface area contributed by atoms with E-state index < -0.39 is 0 Å². The Morgan fingerprint density at radius 1 is 1.30 bits per heavy atom. The van der Waals surface area contributed by atoms with E-state index in [9.17, 15) is 0 Å². The van der Waals surface area contributed by atoms with Gasteiger partial charge in [-0.05, 0) is 64.6 Å². The summed E-state index contributed by atoms with van der Waals surface area (Å²) in [5, 5.41) is 0.788. The van der Waals surface area contributed by atoms with E-state index in [1.165, 1.54) is 5.56 Å². The zero-order chi connectivity index (χ0) is 14.8. The third kappa shape index (κ3) is 3.17. The van der Waals surface area contributed by atoms with Crippen LogP contribution in [-0.4, -0.2) is 49.1 Å². The Bertz CT molecular complexity index is 424. The summed E-state index contributed by atoms with van der Waals surface area (Å²) < 4.78 is 0. The van der Waals surface area contributed by atoms with Crippen LogP contribution in [0, 0.1) is 0 Å². The third-order valence-corrected chi connectivity index (χ3v) is 5.23. The highest BCUT2D eigenvalue weighted by molar-refractivity contribution is 6.30. The van der Waals surface area contributed by atoms with Crippen molar-refractivity contribution in [3.63, 3.8) is 0 Å². The lowest BCUT2D eigenvalue weighted by atomic mass is 9.84. The lowest BCUT2D eigenvalue weighted by Gasteiger charge is -2.48. The minimum absolute atomic E-state index is 0.117. The molecule has 1 fully saturated rings. The van der Waals surface area contributed by atoms with Gasteiger partial charge in [0.05, 0.1) is 0 Å². The number of likely N-dealkylation sites (N-methyl/N-ethyl adjacent to an activating group) is 1. The predicted molar refractivity (Wildman–Crippen MR) is 86.1 cm³/mol. The maximum atomic E-state index is 6.14. The predicted octanol–water partition coefficient (Wildman–Crippen LogP) is 2.76. The Labute approximate surface area is 127 Å². The van der Waals surface area contributed by atoms with Crippen LogP contribution in [0.3, 0.4) is 0 Å². The van der Waals surface area contributed by atoms with E-state index in [1.807, 2.05) is 12.1 Å². The van der Waals surface area contributed by atoms with E-state index >= 15 is 0 Å². The van der Waals surface area contributed by atoms with Gasteiger partial charge in [0.25, 0.3) is 0 Å². The fraction of sp³-hybridized carbons (Fsp3) is 0.625. The number of nitrogens with zero attached hydrogens (tertiary/aromatic N) is 2. The molecule has 0 aliphatic carbocycles. The first-order chi connectivity index (χ1) is 9.48. The van der Waals surface area contributed by atoms with E-state index in [2.05, 4.69) is 43.0 Å². The number of benzene rings is 1. The van der Waals surface area contributed by atoms with Crippen LogP contribution >= 0.6 is 11.6 Å². The molecule has 4 heteroatoms. The summed E-state index contributed by atoms with van der Waals surface area (Å²) in [6, 6.07) is 8.50. The molecular formula is C16H26ClN3. The summed E-state index contributed by atoms with van der Waals surface area (Å²) in [5.41, 5.74) is 7.55. The van der Waals surface area contributed by atoms with E-state index in [0.717, 1.165) is 37.5 Å². The standard InChI is InChI=1S/C16H26ClN3/c1-13(14-4-6-15(17)7-5-14)20(3)16(12-18)8-10-19(2)11-9-16/h4-7,13H,8-12,18H2,1-3H3. The van der Waals surface area contributed by atoms with E-state index in [-0.39, 0.29) is 5.54 Å². The van der Waals surface area contributed by atoms with Gasteiger partial charge in [0.15, 0.2) is 0 Å². The van der Waals surface area contributed by atoms with Crippen LogP contribution < -0.4 is 5.73 Å². The maximum absolute atomic E-state index is 6.14. The van der Waals surface area contributed by atoms with E-state index in [1.54, 1.807) is 0 Å². The lowest BCUT2D eigenvalue weighted by molar-refractivity contribution is 0.0272. The Morgan fingerprint density at radius 3 is 2.35 bits per heavy atom. The van der Waals surface area contributed by atoms with Crippen LogP contribution in [0.15, 0.2) is 24.3 Å². The van der Waals surface area contributed by atoms with Gasteiger partial charge in [-0.15, -0.1) is 0 Å². The second-order valence-electron chi connectivity index (χ2n) is 6.07. The van der Waals surface area contributed by atoms with Gasteiger partial charge in [0.2, 0.25) is 0 Å². The van der Waals surface area contributed by atoms with Crippen molar-refractivity contribution in [3.05, 3.63) is 34.9 Å². The smallest absolute Gasteiger partial charge is 0.0406 e. The summed E-state index contributed by atoms with van der Waals surface area (Å²) in [4.78, 5) is 4.85. The molecule has 112 valence electrons. The number of hydrogen-bond acceptors (Lipinski definition) is 3. The van der Waals surface area contributed by atoms with Crippen molar-refractivity contribution >= 4 is 11.6 Å². The molecule has 0 amide bonds. The summed E-state index contributed by atoms with van der Waals surface area (Å²) >= 11 is 5.98. The van der Waals surface area contributed by atoms with Crippen molar-refractivity contribution in [2.45, 2.75) is 31.3 Å². The van der Waals surface area contributed by atoms with Gasteiger partial charge in [-0.1, -0.05) is 23.7 Å². The van der Waals surface area contributed by atoms with Gasteiger partial charge < -0.3 is 10.6 Å². The molecule has 1 unspecified atom stereocenters. The van der Waals surface area contributed by atoms with E-state index in [0.29, 0.717) is 6.04 Å². The average Bonchev–Trinajstić information content (AvgIpc) is 2.48. The van der Waals surface area contributed by atoms with E-state index in [4.69, 9.17) is 17.3 Å². The van der Waals surface area contributed by atoms with Gasteiger partial charge in [-0.3, -0.25) is 4.90 Å². The Hall–Kier alpha value is -0.610. The first-order valence-corrected chi connectivity index (χ1v) is 7.73. The minimum Gasteiger partial charge on any atom is -0.329 e. The van der Waals surface area contributed by atoms with Crippen molar-refractivity contribution in [1.29, 1.82) is 0 Å². The zero-order valence-corrected chi connectivity index (χ0v) is 13.5. The molecule has 1 aliphatic rings.